The average molecular weight is 316 g/mol. The molecule has 1 aliphatic rings. The van der Waals surface area contributed by atoms with Gasteiger partial charge < -0.3 is 9.84 Å². The normalized spacial score (nSPS) is 28.7. The van der Waals surface area contributed by atoms with Gasteiger partial charge in [0.25, 0.3) is 0 Å². The quantitative estimate of drug-likeness (QED) is 0.675. The number of aliphatic hydroxyl groups is 1. The minimum Gasteiger partial charge on any atom is -0.469 e. The summed E-state index contributed by atoms with van der Waals surface area (Å²) in [4.78, 5) is 12.5. The topological polar surface area (TPSA) is 46.5 Å². The summed E-state index contributed by atoms with van der Waals surface area (Å²) in [7, 11) is 1.40. The van der Waals surface area contributed by atoms with Crippen molar-refractivity contribution in [3.63, 3.8) is 0 Å². The van der Waals surface area contributed by atoms with Crippen LogP contribution in [0.25, 0.3) is 0 Å². The van der Waals surface area contributed by atoms with Gasteiger partial charge in [0, 0.05) is 0 Å². The predicted octanol–water partition coefficient (Wildman–Crippen LogP) is 4.07. The summed E-state index contributed by atoms with van der Waals surface area (Å²) in [6.07, 6.45) is 6.58. The molecule has 1 aromatic carbocycles. The Morgan fingerprint density at radius 2 is 1.96 bits per heavy atom. The van der Waals surface area contributed by atoms with Crippen molar-refractivity contribution in [1.82, 2.24) is 0 Å². The fourth-order valence-corrected chi connectivity index (χ4v) is 3.45. The van der Waals surface area contributed by atoms with E-state index in [-0.39, 0.29) is 17.3 Å². The zero-order valence-corrected chi connectivity index (χ0v) is 14.6. The third-order valence-electron chi connectivity index (χ3n) is 4.61. The first-order valence-corrected chi connectivity index (χ1v) is 8.33. The minimum absolute atomic E-state index is 0.0133. The van der Waals surface area contributed by atoms with Gasteiger partial charge in [0.1, 0.15) is 5.60 Å². The van der Waals surface area contributed by atoms with Crippen molar-refractivity contribution in [3.05, 3.63) is 48.0 Å². The molecule has 1 N–H and O–H groups in total. The van der Waals surface area contributed by atoms with Crippen molar-refractivity contribution in [2.45, 2.75) is 45.6 Å². The third kappa shape index (κ3) is 4.03. The van der Waals surface area contributed by atoms with Crippen LogP contribution in [0.2, 0.25) is 0 Å². The molecular formula is C20H28O3. The Balaban J connectivity index is 2.41. The number of benzene rings is 1. The van der Waals surface area contributed by atoms with Crippen LogP contribution in [0.4, 0.5) is 0 Å². The van der Waals surface area contributed by atoms with Gasteiger partial charge in [-0.15, -0.1) is 0 Å². The second-order valence-corrected chi connectivity index (χ2v) is 7.57. The molecule has 0 aliphatic heterocycles. The lowest BCUT2D eigenvalue weighted by Crippen LogP contribution is -2.47. The second kappa shape index (κ2) is 6.88. The van der Waals surface area contributed by atoms with Crippen LogP contribution in [0.1, 0.15) is 45.6 Å². The van der Waals surface area contributed by atoms with Gasteiger partial charge in [-0.05, 0) is 36.2 Å². The van der Waals surface area contributed by atoms with Crippen molar-refractivity contribution in [2.75, 3.05) is 7.11 Å². The minimum atomic E-state index is -1.17. The number of rotatable bonds is 3. The number of esters is 1. The Hall–Kier alpha value is -1.61. The summed E-state index contributed by atoms with van der Waals surface area (Å²) in [5, 5.41) is 11.4. The first kappa shape index (κ1) is 17.7. The van der Waals surface area contributed by atoms with E-state index in [1.54, 1.807) is 0 Å². The molecule has 23 heavy (non-hydrogen) atoms. The lowest BCUT2D eigenvalue weighted by molar-refractivity contribution is -0.164. The predicted molar refractivity (Wildman–Crippen MR) is 91.8 cm³/mol. The Bertz CT molecular complexity index is 556. The molecule has 1 fully saturated rings. The van der Waals surface area contributed by atoms with Crippen LogP contribution in [0, 0.1) is 17.3 Å². The van der Waals surface area contributed by atoms with Crippen molar-refractivity contribution in [1.29, 1.82) is 0 Å². The molecule has 1 saturated carbocycles. The Morgan fingerprint density at radius 3 is 2.52 bits per heavy atom. The molecule has 3 atom stereocenters. The summed E-state index contributed by atoms with van der Waals surface area (Å²) in [5.41, 5.74) is -0.327. The Kier molecular flexibility index (Phi) is 5.30. The van der Waals surface area contributed by atoms with Gasteiger partial charge in [-0.1, -0.05) is 63.3 Å². The van der Waals surface area contributed by atoms with E-state index in [2.05, 4.69) is 32.9 Å². The average Bonchev–Trinajstić information content (AvgIpc) is 2.52. The molecule has 0 heterocycles. The summed E-state index contributed by atoms with van der Waals surface area (Å²) in [5.74, 6) is -0.914. The molecule has 2 rings (SSSR count). The molecule has 0 amide bonds. The maximum atomic E-state index is 12.5. The van der Waals surface area contributed by atoms with Crippen molar-refractivity contribution < 1.29 is 14.6 Å². The van der Waals surface area contributed by atoms with Crippen molar-refractivity contribution in [2.24, 2.45) is 17.3 Å². The van der Waals surface area contributed by atoms with Gasteiger partial charge in [-0.2, -0.15) is 0 Å². The fourth-order valence-electron chi connectivity index (χ4n) is 3.45. The monoisotopic (exact) mass is 316 g/mol. The first-order chi connectivity index (χ1) is 10.8. The van der Waals surface area contributed by atoms with Crippen molar-refractivity contribution in [3.8, 4) is 0 Å². The van der Waals surface area contributed by atoms with Crippen LogP contribution in [-0.4, -0.2) is 18.2 Å². The molecule has 0 aromatic heterocycles. The molecule has 0 radical (unpaired) electrons. The van der Waals surface area contributed by atoms with Crippen LogP contribution >= 0.6 is 0 Å². The highest BCUT2D eigenvalue weighted by atomic mass is 16.5. The van der Waals surface area contributed by atoms with Crippen molar-refractivity contribution >= 4 is 5.97 Å². The van der Waals surface area contributed by atoms with Crippen LogP contribution in [-0.2, 0) is 15.1 Å². The van der Waals surface area contributed by atoms with E-state index in [1.807, 2.05) is 30.3 Å². The summed E-state index contributed by atoms with van der Waals surface area (Å²) < 4.78 is 5.04. The maximum Gasteiger partial charge on any atom is 0.312 e. The van der Waals surface area contributed by atoms with Crippen LogP contribution in [0.3, 0.4) is 0 Å². The van der Waals surface area contributed by atoms with Crippen LogP contribution < -0.4 is 0 Å². The fraction of sp³-hybridized carbons (Fsp3) is 0.550. The number of methoxy groups -OCH3 is 1. The van der Waals surface area contributed by atoms with Gasteiger partial charge >= 0.3 is 5.97 Å². The van der Waals surface area contributed by atoms with Gasteiger partial charge in [0.05, 0.1) is 13.0 Å². The molecule has 126 valence electrons. The smallest absolute Gasteiger partial charge is 0.312 e. The number of carbonyl (C=O) groups is 1. The largest absolute Gasteiger partial charge is 0.469 e. The van der Waals surface area contributed by atoms with Crippen LogP contribution in [0.5, 0.6) is 0 Å². The second-order valence-electron chi connectivity index (χ2n) is 7.57. The van der Waals surface area contributed by atoms with Gasteiger partial charge in [0.15, 0.2) is 0 Å². The molecule has 0 saturated heterocycles. The SMILES string of the molecule is COC(=O)[C@@H]1[C@@H](/C=C/C(C)(C)C)CCC[C@@]1(O)c1ccccc1. The third-order valence-corrected chi connectivity index (χ3v) is 4.61. The van der Waals surface area contributed by atoms with E-state index in [0.717, 1.165) is 18.4 Å². The van der Waals surface area contributed by atoms with Gasteiger partial charge in [-0.3, -0.25) is 4.79 Å². The van der Waals surface area contributed by atoms with E-state index >= 15 is 0 Å². The standard InChI is InChI=1S/C20H28O3/c1-19(2,3)14-12-15-9-8-13-20(22,17(15)18(21)23-4)16-10-6-5-7-11-16/h5-7,10-12,14-15,17,22H,8-9,13H2,1-4H3/b14-12+/t15-,17+,20-/m1/s1. The maximum absolute atomic E-state index is 12.5. The van der Waals surface area contributed by atoms with Gasteiger partial charge in [0.2, 0.25) is 0 Å². The number of ether oxygens (including phenoxy) is 1. The molecule has 3 heteroatoms. The molecule has 1 aliphatic carbocycles. The zero-order valence-electron chi connectivity index (χ0n) is 14.6. The Labute approximate surface area is 139 Å². The highest BCUT2D eigenvalue weighted by Gasteiger charge is 2.49. The van der Waals surface area contributed by atoms with Crippen LogP contribution in [0.15, 0.2) is 42.5 Å². The van der Waals surface area contributed by atoms with E-state index in [1.165, 1.54) is 7.11 Å². The number of allylic oxidation sites excluding steroid dienone is 2. The molecule has 3 nitrogen and oxygen atoms in total. The zero-order chi connectivity index (χ0) is 17.1. The molecule has 0 unspecified atom stereocenters. The number of carbonyl (C=O) groups excluding carboxylic acids is 1. The van der Waals surface area contributed by atoms with Gasteiger partial charge in [-0.25, -0.2) is 0 Å². The van der Waals surface area contributed by atoms with E-state index in [9.17, 15) is 9.90 Å². The molecule has 1 aromatic rings. The highest BCUT2D eigenvalue weighted by Crippen LogP contribution is 2.46. The highest BCUT2D eigenvalue weighted by molar-refractivity contribution is 5.75. The molecule has 0 bridgehead atoms. The molecule has 0 spiro atoms. The molecular weight excluding hydrogens is 288 g/mol. The van der Waals surface area contributed by atoms with E-state index < -0.39 is 11.5 Å². The van der Waals surface area contributed by atoms with E-state index in [0.29, 0.717) is 6.42 Å². The van der Waals surface area contributed by atoms with E-state index in [4.69, 9.17) is 4.74 Å². The Morgan fingerprint density at radius 1 is 1.30 bits per heavy atom. The lowest BCUT2D eigenvalue weighted by atomic mass is 9.65. The summed E-state index contributed by atoms with van der Waals surface area (Å²) in [6.45, 7) is 6.38. The number of hydrogen-bond acceptors (Lipinski definition) is 3. The number of hydrogen-bond donors (Lipinski definition) is 1. The first-order valence-electron chi connectivity index (χ1n) is 8.33. The lowest BCUT2D eigenvalue weighted by Gasteiger charge is -2.42. The summed E-state index contributed by atoms with van der Waals surface area (Å²) in [6, 6.07) is 9.50. The summed E-state index contributed by atoms with van der Waals surface area (Å²) >= 11 is 0.